The molecule has 146 valence electrons. The molecule has 3 aromatic rings. The van der Waals surface area contributed by atoms with Crippen molar-refractivity contribution < 1.29 is 27.2 Å². The normalized spacial score (nSPS) is 11.3. The highest BCUT2D eigenvalue weighted by Gasteiger charge is 2.28. The summed E-state index contributed by atoms with van der Waals surface area (Å²) < 4.78 is 46.0. The predicted molar refractivity (Wildman–Crippen MR) is 93.9 cm³/mol. The van der Waals surface area contributed by atoms with Gasteiger partial charge in [-0.25, -0.2) is 4.98 Å². The molecule has 0 radical (unpaired) electrons. The van der Waals surface area contributed by atoms with Gasteiger partial charge in [-0.3, -0.25) is 4.79 Å². The molecule has 2 aromatic heterocycles. The SMILES string of the molecule is O=C(NCc1ccc(OCC(F)(F)F)nc1)c1cc(-c2ccc(Cl)cc2)on1. The molecule has 0 aliphatic heterocycles. The summed E-state index contributed by atoms with van der Waals surface area (Å²) in [6, 6.07) is 11.1. The summed E-state index contributed by atoms with van der Waals surface area (Å²) >= 11 is 5.83. The van der Waals surface area contributed by atoms with Crippen molar-refractivity contribution in [2.24, 2.45) is 0 Å². The van der Waals surface area contributed by atoms with Gasteiger partial charge in [0.2, 0.25) is 5.88 Å². The monoisotopic (exact) mass is 411 g/mol. The number of nitrogens with zero attached hydrogens (tertiary/aromatic N) is 2. The lowest BCUT2D eigenvalue weighted by molar-refractivity contribution is -0.154. The van der Waals surface area contributed by atoms with Crippen LogP contribution in [0, 0.1) is 0 Å². The molecular weight excluding hydrogens is 399 g/mol. The molecule has 1 N–H and O–H groups in total. The van der Waals surface area contributed by atoms with Crippen LogP contribution >= 0.6 is 11.6 Å². The summed E-state index contributed by atoms with van der Waals surface area (Å²) in [5.74, 6) is -0.215. The second-order valence-corrected chi connectivity index (χ2v) is 6.11. The zero-order valence-electron chi connectivity index (χ0n) is 14.2. The average molecular weight is 412 g/mol. The van der Waals surface area contributed by atoms with E-state index in [9.17, 15) is 18.0 Å². The van der Waals surface area contributed by atoms with Gasteiger partial charge in [-0.15, -0.1) is 0 Å². The third-order valence-corrected chi connectivity index (χ3v) is 3.76. The van der Waals surface area contributed by atoms with Gasteiger partial charge < -0.3 is 14.6 Å². The molecule has 6 nitrogen and oxygen atoms in total. The van der Waals surface area contributed by atoms with Crippen LogP contribution in [0.5, 0.6) is 5.88 Å². The maximum atomic E-state index is 12.2. The Morgan fingerprint density at radius 2 is 1.93 bits per heavy atom. The Kier molecular flexibility index (Phi) is 5.84. The van der Waals surface area contributed by atoms with Crippen molar-refractivity contribution in [3.05, 3.63) is 64.9 Å². The largest absolute Gasteiger partial charge is 0.468 e. The number of pyridine rings is 1. The van der Waals surface area contributed by atoms with Crippen LogP contribution in [0.2, 0.25) is 5.02 Å². The van der Waals surface area contributed by atoms with Gasteiger partial charge in [-0.05, 0) is 29.8 Å². The minimum absolute atomic E-state index is 0.0861. The summed E-state index contributed by atoms with van der Waals surface area (Å²) in [5.41, 5.74) is 1.38. The lowest BCUT2D eigenvalue weighted by Crippen LogP contribution is -2.23. The average Bonchev–Trinajstić information content (AvgIpc) is 3.15. The zero-order chi connectivity index (χ0) is 20.1. The number of alkyl halides is 3. The number of aromatic nitrogens is 2. The molecule has 2 heterocycles. The highest BCUT2D eigenvalue weighted by molar-refractivity contribution is 6.30. The highest BCUT2D eigenvalue weighted by atomic mass is 35.5. The van der Waals surface area contributed by atoms with Crippen LogP contribution in [0.15, 0.2) is 53.2 Å². The first-order chi connectivity index (χ1) is 13.3. The Labute approximate surface area is 162 Å². The van der Waals surface area contributed by atoms with Crippen molar-refractivity contribution in [3.8, 4) is 17.2 Å². The maximum absolute atomic E-state index is 12.2. The molecule has 0 saturated heterocycles. The number of carbonyl (C=O) groups excluding carboxylic acids is 1. The van der Waals surface area contributed by atoms with Crippen molar-refractivity contribution in [3.63, 3.8) is 0 Å². The number of hydrogen-bond donors (Lipinski definition) is 1. The summed E-state index contributed by atoms with van der Waals surface area (Å²) in [6.45, 7) is -1.31. The fraction of sp³-hybridized carbons (Fsp3) is 0.167. The number of hydrogen-bond acceptors (Lipinski definition) is 5. The minimum Gasteiger partial charge on any atom is -0.468 e. The van der Waals surface area contributed by atoms with E-state index in [4.69, 9.17) is 16.1 Å². The number of nitrogens with one attached hydrogen (secondary N) is 1. The molecular formula is C18H13ClF3N3O3. The molecule has 0 aliphatic carbocycles. The molecule has 0 unspecified atom stereocenters. The van der Waals surface area contributed by atoms with Crippen LogP contribution in [0.3, 0.4) is 0 Å². The first-order valence-corrected chi connectivity index (χ1v) is 8.33. The van der Waals surface area contributed by atoms with Gasteiger partial charge in [0.15, 0.2) is 18.1 Å². The van der Waals surface area contributed by atoms with Crippen molar-refractivity contribution >= 4 is 17.5 Å². The molecule has 10 heteroatoms. The summed E-state index contributed by atoms with van der Waals surface area (Å²) in [5, 5.41) is 6.92. The smallest absolute Gasteiger partial charge is 0.422 e. The number of benzene rings is 1. The number of carbonyl (C=O) groups is 1. The van der Waals surface area contributed by atoms with Gasteiger partial charge in [0.05, 0.1) is 0 Å². The second kappa shape index (κ2) is 8.30. The molecule has 28 heavy (non-hydrogen) atoms. The third-order valence-electron chi connectivity index (χ3n) is 3.51. The van der Waals surface area contributed by atoms with Crippen molar-refractivity contribution in [1.29, 1.82) is 0 Å². The Hall–Kier alpha value is -3.07. The number of amides is 1. The van der Waals surface area contributed by atoms with E-state index in [0.717, 1.165) is 5.56 Å². The van der Waals surface area contributed by atoms with Crippen LogP contribution in [0.1, 0.15) is 16.1 Å². The first kappa shape index (κ1) is 19.7. The number of halogens is 4. The van der Waals surface area contributed by atoms with E-state index < -0.39 is 18.7 Å². The molecule has 1 aromatic carbocycles. The molecule has 0 aliphatic rings. The number of ether oxygens (including phenoxy) is 1. The van der Waals surface area contributed by atoms with E-state index in [-0.39, 0.29) is 18.1 Å². The third kappa shape index (κ3) is 5.46. The van der Waals surface area contributed by atoms with Crippen LogP contribution < -0.4 is 10.1 Å². The fourth-order valence-corrected chi connectivity index (χ4v) is 2.29. The lowest BCUT2D eigenvalue weighted by Gasteiger charge is -2.08. The Morgan fingerprint density at radius 3 is 2.57 bits per heavy atom. The van der Waals surface area contributed by atoms with E-state index in [1.165, 1.54) is 24.4 Å². The van der Waals surface area contributed by atoms with Crippen LogP contribution in [0.25, 0.3) is 11.3 Å². The Morgan fingerprint density at radius 1 is 1.18 bits per heavy atom. The Balaban J connectivity index is 1.55. The van der Waals surface area contributed by atoms with Gasteiger partial charge in [-0.2, -0.15) is 13.2 Å². The molecule has 3 rings (SSSR count). The van der Waals surface area contributed by atoms with Crippen LogP contribution in [-0.4, -0.2) is 28.8 Å². The first-order valence-electron chi connectivity index (χ1n) is 7.95. The predicted octanol–water partition coefficient (Wildman–Crippen LogP) is 4.26. The molecule has 0 saturated carbocycles. The van der Waals surface area contributed by atoms with E-state index in [2.05, 4.69) is 20.2 Å². The van der Waals surface area contributed by atoms with Crippen molar-refractivity contribution in [2.45, 2.75) is 12.7 Å². The van der Waals surface area contributed by atoms with Gasteiger partial charge >= 0.3 is 6.18 Å². The number of rotatable bonds is 6. The quantitative estimate of drug-likeness (QED) is 0.655. The molecule has 0 bridgehead atoms. The second-order valence-electron chi connectivity index (χ2n) is 5.67. The van der Waals surface area contributed by atoms with Crippen LogP contribution in [0.4, 0.5) is 13.2 Å². The van der Waals surface area contributed by atoms with E-state index >= 15 is 0 Å². The van der Waals surface area contributed by atoms with E-state index in [0.29, 0.717) is 16.3 Å². The summed E-state index contributed by atoms with van der Waals surface area (Å²) in [6.07, 6.45) is -3.12. The van der Waals surface area contributed by atoms with Crippen LogP contribution in [-0.2, 0) is 6.54 Å². The zero-order valence-corrected chi connectivity index (χ0v) is 14.9. The molecule has 1 amide bonds. The minimum atomic E-state index is -4.43. The molecule has 0 spiro atoms. The molecule has 0 atom stereocenters. The van der Waals surface area contributed by atoms with Gasteiger partial charge in [0, 0.05) is 35.5 Å². The van der Waals surface area contributed by atoms with Crippen molar-refractivity contribution in [1.82, 2.24) is 15.5 Å². The standard InChI is InChI=1S/C18H13ClF3N3O3/c19-13-4-2-12(3-5-13)15-7-14(25-28-15)17(26)24-9-11-1-6-16(23-8-11)27-10-18(20,21)22/h1-8H,9-10H2,(H,24,26). The van der Waals surface area contributed by atoms with E-state index in [1.807, 2.05) is 0 Å². The highest BCUT2D eigenvalue weighted by Crippen LogP contribution is 2.22. The van der Waals surface area contributed by atoms with Gasteiger partial charge in [0.25, 0.3) is 5.91 Å². The lowest BCUT2D eigenvalue weighted by atomic mass is 10.1. The molecule has 0 fully saturated rings. The van der Waals surface area contributed by atoms with Gasteiger partial charge in [0.1, 0.15) is 0 Å². The fourth-order valence-electron chi connectivity index (χ4n) is 2.16. The topological polar surface area (TPSA) is 77.2 Å². The van der Waals surface area contributed by atoms with Gasteiger partial charge in [-0.1, -0.05) is 22.8 Å². The van der Waals surface area contributed by atoms with Crippen molar-refractivity contribution in [2.75, 3.05) is 6.61 Å². The Bertz CT molecular complexity index is 941. The van der Waals surface area contributed by atoms with E-state index in [1.54, 1.807) is 24.3 Å². The summed E-state index contributed by atoms with van der Waals surface area (Å²) in [4.78, 5) is 15.9. The summed E-state index contributed by atoms with van der Waals surface area (Å²) in [7, 11) is 0. The maximum Gasteiger partial charge on any atom is 0.422 e.